The Morgan fingerprint density at radius 2 is 2.00 bits per heavy atom. The first kappa shape index (κ1) is 18.1. The van der Waals surface area contributed by atoms with E-state index in [4.69, 9.17) is 0 Å². The van der Waals surface area contributed by atoms with E-state index in [1.54, 1.807) is 0 Å². The van der Waals surface area contributed by atoms with Gasteiger partial charge in [-0.05, 0) is 24.1 Å². The standard InChI is InChI=1S/C14H16BrFN2O4/c1-8(2)6-17-14(21)18-12(19)7-22-13(20)10-5-9(15)3-4-11(10)16/h3-5,8H,6-7H2,1-2H3,(H2,17,18,19,21). The van der Waals surface area contributed by atoms with Crippen LogP contribution in [-0.2, 0) is 9.53 Å². The first-order valence-corrected chi connectivity index (χ1v) is 7.28. The fourth-order valence-electron chi connectivity index (χ4n) is 1.37. The van der Waals surface area contributed by atoms with Gasteiger partial charge < -0.3 is 10.1 Å². The fourth-order valence-corrected chi connectivity index (χ4v) is 1.73. The highest BCUT2D eigenvalue weighted by Crippen LogP contribution is 2.16. The maximum atomic E-state index is 13.4. The third-order valence-corrected chi connectivity index (χ3v) is 2.90. The summed E-state index contributed by atoms with van der Waals surface area (Å²) in [5.74, 6) is -2.32. The van der Waals surface area contributed by atoms with Crippen molar-refractivity contribution < 1.29 is 23.5 Å². The van der Waals surface area contributed by atoms with Crippen molar-refractivity contribution in [1.82, 2.24) is 10.6 Å². The van der Waals surface area contributed by atoms with E-state index in [1.807, 2.05) is 19.2 Å². The Bertz CT molecular complexity index is 578. The summed E-state index contributed by atoms with van der Waals surface area (Å²) >= 11 is 3.10. The quantitative estimate of drug-likeness (QED) is 0.773. The van der Waals surface area contributed by atoms with Crippen molar-refractivity contribution >= 4 is 33.8 Å². The van der Waals surface area contributed by atoms with Crippen LogP contribution in [0.25, 0.3) is 0 Å². The summed E-state index contributed by atoms with van der Waals surface area (Å²) in [5.41, 5.74) is -0.300. The van der Waals surface area contributed by atoms with Crippen molar-refractivity contribution in [1.29, 1.82) is 0 Å². The molecule has 2 N–H and O–H groups in total. The number of ether oxygens (including phenoxy) is 1. The van der Waals surface area contributed by atoms with E-state index in [1.165, 1.54) is 12.1 Å². The molecular formula is C14H16BrFN2O4. The van der Waals surface area contributed by atoms with Gasteiger partial charge in [-0.25, -0.2) is 14.0 Å². The van der Waals surface area contributed by atoms with Crippen molar-refractivity contribution in [3.8, 4) is 0 Å². The molecule has 120 valence electrons. The number of carbonyl (C=O) groups excluding carboxylic acids is 3. The van der Waals surface area contributed by atoms with Crippen LogP contribution in [0.2, 0.25) is 0 Å². The molecule has 6 nitrogen and oxygen atoms in total. The van der Waals surface area contributed by atoms with E-state index in [-0.39, 0.29) is 11.5 Å². The van der Waals surface area contributed by atoms with Gasteiger partial charge in [-0.1, -0.05) is 29.8 Å². The summed E-state index contributed by atoms with van der Waals surface area (Å²) in [6, 6.07) is 3.09. The molecule has 0 unspecified atom stereocenters. The molecular weight excluding hydrogens is 359 g/mol. The van der Waals surface area contributed by atoms with Crippen molar-refractivity contribution in [2.45, 2.75) is 13.8 Å². The maximum Gasteiger partial charge on any atom is 0.341 e. The number of amides is 3. The molecule has 1 aromatic carbocycles. The number of urea groups is 1. The monoisotopic (exact) mass is 374 g/mol. The normalized spacial score (nSPS) is 10.2. The summed E-state index contributed by atoms with van der Waals surface area (Å²) in [6.45, 7) is 3.52. The molecule has 0 heterocycles. The minimum absolute atomic E-state index is 0.234. The van der Waals surface area contributed by atoms with Gasteiger partial charge in [0.25, 0.3) is 5.91 Å². The highest BCUT2D eigenvalue weighted by molar-refractivity contribution is 9.10. The first-order valence-electron chi connectivity index (χ1n) is 6.49. The lowest BCUT2D eigenvalue weighted by Crippen LogP contribution is -2.42. The predicted molar refractivity (Wildman–Crippen MR) is 80.8 cm³/mol. The molecule has 1 rings (SSSR count). The molecule has 0 atom stereocenters. The number of imide groups is 1. The van der Waals surface area contributed by atoms with Crippen LogP contribution in [0.1, 0.15) is 24.2 Å². The van der Waals surface area contributed by atoms with Crippen LogP contribution in [0.4, 0.5) is 9.18 Å². The van der Waals surface area contributed by atoms with E-state index in [9.17, 15) is 18.8 Å². The van der Waals surface area contributed by atoms with Crippen LogP contribution in [0, 0.1) is 11.7 Å². The first-order chi connectivity index (χ1) is 10.3. The zero-order chi connectivity index (χ0) is 16.7. The van der Waals surface area contributed by atoms with E-state index < -0.39 is 30.3 Å². The minimum Gasteiger partial charge on any atom is -0.452 e. The molecule has 0 saturated carbocycles. The van der Waals surface area contributed by atoms with Gasteiger partial charge in [0.2, 0.25) is 0 Å². The van der Waals surface area contributed by atoms with Crippen LogP contribution >= 0.6 is 15.9 Å². The van der Waals surface area contributed by atoms with Crippen LogP contribution < -0.4 is 10.6 Å². The predicted octanol–water partition coefficient (Wildman–Crippen LogP) is 2.23. The summed E-state index contributed by atoms with van der Waals surface area (Å²) in [4.78, 5) is 34.4. The van der Waals surface area contributed by atoms with Crippen molar-refractivity contribution in [2.24, 2.45) is 5.92 Å². The van der Waals surface area contributed by atoms with Crippen molar-refractivity contribution in [3.05, 3.63) is 34.1 Å². The van der Waals surface area contributed by atoms with Gasteiger partial charge in [-0.15, -0.1) is 0 Å². The minimum atomic E-state index is -0.989. The number of benzene rings is 1. The number of halogens is 2. The summed E-state index contributed by atoms with van der Waals surface area (Å²) in [5, 5.41) is 4.47. The average molecular weight is 375 g/mol. The number of hydrogen-bond acceptors (Lipinski definition) is 4. The molecule has 0 spiro atoms. The Hall–Kier alpha value is -1.96. The molecule has 0 aliphatic heterocycles. The Balaban J connectivity index is 2.45. The lowest BCUT2D eigenvalue weighted by atomic mass is 10.2. The molecule has 0 radical (unpaired) electrons. The molecule has 0 aliphatic rings. The Morgan fingerprint density at radius 3 is 2.64 bits per heavy atom. The maximum absolute atomic E-state index is 13.4. The lowest BCUT2D eigenvalue weighted by molar-refractivity contribution is -0.123. The van der Waals surface area contributed by atoms with Crippen LogP contribution in [0.15, 0.2) is 22.7 Å². The highest BCUT2D eigenvalue weighted by Gasteiger charge is 2.16. The van der Waals surface area contributed by atoms with Crippen molar-refractivity contribution in [2.75, 3.05) is 13.2 Å². The molecule has 0 bridgehead atoms. The van der Waals surface area contributed by atoms with Gasteiger partial charge in [0.15, 0.2) is 6.61 Å². The van der Waals surface area contributed by atoms with E-state index in [2.05, 4.69) is 26.0 Å². The molecule has 8 heteroatoms. The number of esters is 1. The molecule has 0 aliphatic carbocycles. The molecule has 0 fully saturated rings. The molecule has 0 saturated heterocycles. The van der Waals surface area contributed by atoms with Gasteiger partial charge in [-0.3, -0.25) is 10.1 Å². The van der Waals surface area contributed by atoms with Crippen molar-refractivity contribution in [3.63, 3.8) is 0 Å². The lowest BCUT2D eigenvalue weighted by Gasteiger charge is -2.09. The average Bonchev–Trinajstić information content (AvgIpc) is 2.45. The van der Waals surface area contributed by atoms with Gasteiger partial charge in [0.05, 0.1) is 5.56 Å². The zero-order valence-corrected chi connectivity index (χ0v) is 13.7. The van der Waals surface area contributed by atoms with E-state index in [0.717, 1.165) is 6.07 Å². The van der Waals surface area contributed by atoms with Crippen LogP contribution in [0.5, 0.6) is 0 Å². The van der Waals surface area contributed by atoms with Crippen LogP contribution in [0.3, 0.4) is 0 Å². The van der Waals surface area contributed by atoms with Gasteiger partial charge in [0.1, 0.15) is 5.82 Å². The van der Waals surface area contributed by atoms with Gasteiger partial charge in [-0.2, -0.15) is 0 Å². The van der Waals surface area contributed by atoms with Crippen LogP contribution in [-0.4, -0.2) is 31.1 Å². The number of rotatable bonds is 5. The zero-order valence-electron chi connectivity index (χ0n) is 12.1. The number of carbonyl (C=O) groups is 3. The summed E-state index contributed by atoms with van der Waals surface area (Å²) in [7, 11) is 0. The molecule has 22 heavy (non-hydrogen) atoms. The Morgan fingerprint density at radius 1 is 1.32 bits per heavy atom. The van der Waals surface area contributed by atoms with E-state index in [0.29, 0.717) is 11.0 Å². The largest absolute Gasteiger partial charge is 0.452 e. The summed E-state index contributed by atoms with van der Waals surface area (Å²) < 4.78 is 18.6. The molecule has 1 aromatic rings. The molecule has 3 amide bonds. The molecule has 0 aromatic heterocycles. The highest BCUT2D eigenvalue weighted by atomic mass is 79.9. The second kappa shape index (κ2) is 8.47. The Kier molecular flexibility index (Phi) is 6.97. The van der Waals surface area contributed by atoms with Gasteiger partial charge >= 0.3 is 12.0 Å². The fraction of sp³-hybridized carbons (Fsp3) is 0.357. The van der Waals surface area contributed by atoms with Gasteiger partial charge in [0, 0.05) is 11.0 Å². The Labute approximate surface area is 135 Å². The summed E-state index contributed by atoms with van der Waals surface area (Å²) in [6.07, 6.45) is 0. The second-order valence-electron chi connectivity index (χ2n) is 4.85. The second-order valence-corrected chi connectivity index (χ2v) is 5.77. The smallest absolute Gasteiger partial charge is 0.341 e. The topological polar surface area (TPSA) is 84.5 Å². The third-order valence-electron chi connectivity index (χ3n) is 2.41. The number of nitrogens with one attached hydrogen (secondary N) is 2. The SMILES string of the molecule is CC(C)CNC(=O)NC(=O)COC(=O)c1cc(Br)ccc1F. The van der Waals surface area contributed by atoms with E-state index >= 15 is 0 Å². The number of hydrogen-bond donors (Lipinski definition) is 2. The third kappa shape index (κ3) is 6.21.